The van der Waals surface area contributed by atoms with E-state index in [9.17, 15) is 4.79 Å². The summed E-state index contributed by atoms with van der Waals surface area (Å²) in [6.07, 6.45) is 1.13. The Balaban J connectivity index is 1.78. The maximum atomic E-state index is 11.8. The zero-order valence-corrected chi connectivity index (χ0v) is 9.96. The minimum absolute atomic E-state index is 0.499. The first-order chi connectivity index (χ1) is 9.33. The van der Waals surface area contributed by atoms with Crippen molar-refractivity contribution in [2.75, 3.05) is 5.32 Å². The molecule has 94 valence electrons. The molecule has 0 spiro atoms. The highest BCUT2D eigenvalue weighted by atomic mass is 16.6. The average Bonchev–Trinajstić information content (AvgIpc) is 2.89. The third kappa shape index (κ3) is 2.40. The number of nitrogens with one attached hydrogen (secondary N) is 2. The number of rotatable bonds is 2. The maximum absolute atomic E-state index is 11.8. The second-order valence-electron chi connectivity index (χ2n) is 3.96. The SMILES string of the molecule is O=C(Nc1cccc2[nH]ncc12)Oc1ccccc1. The Morgan fingerprint density at radius 3 is 2.79 bits per heavy atom. The van der Waals surface area contributed by atoms with Gasteiger partial charge in [0.2, 0.25) is 0 Å². The second kappa shape index (κ2) is 4.81. The highest BCUT2D eigenvalue weighted by molar-refractivity contribution is 5.98. The van der Waals surface area contributed by atoms with Gasteiger partial charge in [0.25, 0.3) is 0 Å². The number of hydrogen-bond donors (Lipinski definition) is 2. The van der Waals surface area contributed by atoms with Gasteiger partial charge in [-0.05, 0) is 24.3 Å². The Hall–Kier alpha value is -2.82. The lowest BCUT2D eigenvalue weighted by Crippen LogP contribution is -2.16. The quantitative estimate of drug-likeness (QED) is 0.737. The van der Waals surface area contributed by atoms with Crippen LogP contribution in [-0.4, -0.2) is 16.3 Å². The number of nitrogens with zero attached hydrogens (tertiary/aromatic N) is 1. The number of fused-ring (bicyclic) bond motifs is 1. The van der Waals surface area contributed by atoms with Crippen LogP contribution in [0.3, 0.4) is 0 Å². The molecule has 2 N–H and O–H groups in total. The lowest BCUT2D eigenvalue weighted by molar-refractivity contribution is 0.215. The molecule has 0 radical (unpaired) electrons. The van der Waals surface area contributed by atoms with Crippen LogP contribution in [0.2, 0.25) is 0 Å². The molecular weight excluding hydrogens is 242 g/mol. The van der Waals surface area contributed by atoms with E-state index in [0.29, 0.717) is 11.4 Å². The molecule has 0 unspecified atom stereocenters. The number of anilines is 1. The van der Waals surface area contributed by atoms with Gasteiger partial charge in [0.15, 0.2) is 0 Å². The van der Waals surface area contributed by atoms with Crippen LogP contribution in [0.25, 0.3) is 10.9 Å². The molecule has 0 fully saturated rings. The molecule has 0 atom stereocenters. The van der Waals surface area contributed by atoms with Gasteiger partial charge in [-0.1, -0.05) is 24.3 Å². The first kappa shape index (κ1) is 11.3. The molecule has 0 aliphatic rings. The molecular formula is C14H11N3O2. The lowest BCUT2D eigenvalue weighted by Gasteiger charge is -2.07. The van der Waals surface area contributed by atoms with Crippen LogP contribution < -0.4 is 10.1 Å². The molecule has 3 rings (SSSR count). The summed E-state index contributed by atoms with van der Waals surface area (Å²) in [6, 6.07) is 14.4. The number of aromatic nitrogens is 2. The summed E-state index contributed by atoms with van der Waals surface area (Å²) >= 11 is 0. The first-order valence-corrected chi connectivity index (χ1v) is 5.79. The van der Waals surface area contributed by atoms with Gasteiger partial charge in [0.05, 0.1) is 17.4 Å². The van der Waals surface area contributed by atoms with Crippen molar-refractivity contribution in [3.63, 3.8) is 0 Å². The van der Waals surface area contributed by atoms with Gasteiger partial charge in [-0.15, -0.1) is 0 Å². The number of amides is 1. The molecule has 0 bridgehead atoms. The molecule has 0 saturated heterocycles. The number of ether oxygens (including phenoxy) is 1. The lowest BCUT2D eigenvalue weighted by atomic mass is 10.2. The van der Waals surface area contributed by atoms with E-state index in [0.717, 1.165) is 10.9 Å². The summed E-state index contributed by atoms with van der Waals surface area (Å²) in [4.78, 5) is 11.8. The van der Waals surface area contributed by atoms with Crippen molar-refractivity contribution in [3.8, 4) is 5.75 Å². The van der Waals surface area contributed by atoms with Crippen molar-refractivity contribution >= 4 is 22.7 Å². The van der Waals surface area contributed by atoms with Gasteiger partial charge in [-0.25, -0.2) is 4.79 Å². The monoisotopic (exact) mass is 253 g/mol. The molecule has 19 heavy (non-hydrogen) atoms. The standard InChI is InChI=1S/C14H11N3O2/c18-14(19-10-5-2-1-3-6-10)16-12-7-4-8-13-11(12)9-15-17-13/h1-9H,(H,15,17)(H,16,18). The Bertz CT molecular complexity index is 707. The summed E-state index contributed by atoms with van der Waals surface area (Å²) in [6.45, 7) is 0. The van der Waals surface area contributed by atoms with Crippen molar-refractivity contribution < 1.29 is 9.53 Å². The number of hydrogen-bond acceptors (Lipinski definition) is 3. The highest BCUT2D eigenvalue weighted by Gasteiger charge is 2.08. The van der Waals surface area contributed by atoms with Gasteiger partial charge in [-0.3, -0.25) is 10.4 Å². The summed E-state index contributed by atoms with van der Waals surface area (Å²) < 4.78 is 5.16. The van der Waals surface area contributed by atoms with E-state index in [1.165, 1.54) is 0 Å². The number of carbonyl (C=O) groups is 1. The summed E-state index contributed by atoms with van der Waals surface area (Å²) in [5.41, 5.74) is 1.52. The van der Waals surface area contributed by atoms with Crippen LogP contribution in [-0.2, 0) is 0 Å². The van der Waals surface area contributed by atoms with Gasteiger partial charge >= 0.3 is 6.09 Å². The number of para-hydroxylation sites is 1. The first-order valence-electron chi connectivity index (χ1n) is 5.79. The van der Waals surface area contributed by atoms with E-state index in [-0.39, 0.29) is 0 Å². The van der Waals surface area contributed by atoms with Crippen LogP contribution in [0.1, 0.15) is 0 Å². The third-order valence-electron chi connectivity index (χ3n) is 2.68. The minimum Gasteiger partial charge on any atom is -0.410 e. The molecule has 1 aromatic heterocycles. The molecule has 5 heteroatoms. The molecule has 5 nitrogen and oxygen atoms in total. The average molecular weight is 253 g/mol. The Morgan fingerprint density at radius 2 is 1.95 bits per heavy atom. The Morgan fingerprint density at radius 1 is 1.11 bits per heavy atom. The molecule has 1 heterocycles. The van der Waals surface area contributed by atoms with Crippen molar-refractivity contribution in [2.45, 2.75) is 0 Å². The van der Waals surface area contributed by atoms with E-state index in [4.69, 9.17) is 4.74 Å². The summed E-state index contributed by atoms with van der Waals surface area (Å²) in [5, 5.41) is 10.3. The molecule has 0 aliphatic carbocycles. The van der Waals surface area contributed by atoms with Crippen molar-refractivity contribution in [3.05, 3.63) is 54.7 Å². The number of aromatic amines is 1. The van der Waals surface area contributed by atoms with Crippen molar-refractivity contribution in [1.82, 2.24) is 10.2 Å². The van der Waals surface area contributed by atoms with Crippen molar-refractivity contribution in [1.29, 1.82) is 0 Å². The number of carbonyl (C=O) groups excluding carboxylic acids is 1. The highest BCUT2D eigenvalue weighted by Crippen LogP contribution is 2.21. The largest absolute Gasteiger partial charge is 0.417 e. The fourth-order valence-corrected chi connectivity index (χ4v) is 1.81. The summed E-state index contributed by atoms with van der Waals surface area (Å²) in [7, 11) is 0. The Kier molecular flexibility index (Phi) is 2.86. The molecule has 0 saturated carbocycles. The molecule has 0 aliphatic heterocycles. The van der Waals surface area contributed by atoms with Gasteiger partial charge in [0.1, 0.15) is 5.75 Å². The zero-order valence-electron chi connectivity index (χ0n) is 9.96. The predicted molar refractivity (Wildman–Crippen MR) is 72.2 cm³/mol. The topological polar surface area (TPSA) is 67.0 Å². The van der Waals surface area contributed by atoms with E-state index in [1.54, 1.807) is 36.5 Å². The summed E-state index contributed by atoms with van der Waals surface area (Å²) in [5.74, 6) is 0.499. The van der Waals surface area contributed by atoms with Crippen LogP contribution in [0, 0.1) is 0 Å². The predicted octanol–water partition coefficient (Wildman–Crippen LogP) is 3.17. The second-order valence-corrected chi connectivity index (χ2v) is 3.96. The van der Waals surface area contributed by atoms with E-state index >= 15 is 0 Å². The van der Waals surface area contributed by atoms with Crippen LogP contribution >= 0.6 is 0 Å². The smallest absolute Gasteiger partial charge is 0.410 e. The molecule has 3 aromatic rings. The number of benzene rings is 2. The van der Waals surface area contributed by atoms with E-state index < -0.39 is 6.09 Å². The third-order valence-corrected chi connectivity index (χ3v) is 2.68. The Labute approximate surface area is 109 Å². The normalized spacial score (nSPS) is 10.3. The van der Waals surface area contributed by atoms with Gasteiger partial charge in [-0.2, -0.15) is 5.10 Å². The van der Waals surface area contributed by atoms with Gasteiger partial charge < -0.3 is 4.74 Å². The van der Waals surface area contributed by atoms with E-state index in [2.05, 4.69) is 15.5 Å². The van der Waals surface area contributed by atoms with Crippen LogP contribution in [0.4, 0.5) is 10.5 Å². The minimum atomic E-state index is -0.528. The fraction of sp³-hybridized carbons (Fsp3) is 0. The fourth-order valence-electron chi connectivity index (χ4n) is 1.81. The molecule has 1 amide bonds. The molecule has 2 aromatic carbocycles. The number of H-pyrrole nitrogens is 1. The van der Waals surface area contributed by atoms with Crippen molar-refractivity contribution in [2.24, 2.45) is 0 Å². The van der Waals surface area contributed by atoms with E-state index in [1.807, 2.05) is 18.2 Å². The van der Waals surface area contributed by atoms with Crippen LogP contribution in [0.5, 0.6) is 5.75 Å². The maximum Gasteiger partial charge on any atom is 0.417 e. The zero-order chi connectivity index (χ0) is 13.1. The van der Waals surface area contributed by atoms with Gasteiger partial charge in [0, 0.05) is 5.39 Å². The van der Waals surface area contributed by atoms with Crippen LogP contribution in [0.15, 0.2) is 54.7 Å².